The lowest BCUT2D eigenvalue weighted by molar-refractivity contribution is -0.130. The van der Waals surface area contributed by atoms with E-state index in [1.807, 2.05) is 63.2 Å². The van der Waals surface area contributed by atoms with Gasteiger partial charge in [0.1, 0.15) is 11.4 Å². The van der Waals surface area contributed by atoms with Crippen molar-refractivity contribution >= 4 is 11.7 Å². The van der Waals surface area contributed by atoms with Crippen molar-refractivity contribution in [2.45, 2.75) is 32.9 Å². The smallest absolute Gasteiger partial charge is 0.255 e. The first kappa shape index (κ1) is 13.3. The Kier molecular flexibility index (Phi) is 3.26. The minimum atomic E-state index is -0.659. The summed E-state index contributed by atoms with van der Waals surface area (Å²) in [5.41, 5.74) is 2.32. The third-order valence-electron chi connectivity index (χ3n) is 3.92. The maximum Gasteiger partial charge on any atom is 0.255 e. The summed E-state index contributed by atoms with van der Waals surface area (Å²) in [6, 6.07) is 16.1. The predicted octanol–water partition coefficient (Wildman–Crippen LogP) is 3.89. The number of carbonyl (C=O) groups is 1. The van der Waals surface area contributed by atoms with Crippen molar-refractivity contribution in [3.63, 3.8) is 0 Å². The molecule has 1 aliphatic rings. The van der Waals surface area contributed by atoms with Gasteiger partial charge in [0.05, 0.1) is 7.92 Å². The van der Waals surface area contributed by atoms with Crippen LogP contribution in [0.2, 0.25) is 0 Å². The Labute approximate surface area is 132 Å². The van der Waals surface area contributed by atoms with Crippen LogP contribution in [0.4, 0.5) is 0 Å². The van der Waals surface area contributed by atoms with E-state index in [4.69, 9.17) is 1.37 Å². The average molecular weight is 293 g/mol. The highest BCUT2D eigenvalue weighted by Gasteiger charge is 2.38. The molecule has 0 saturated carbocycles. The van der Waals surface area contributed by atoms with Gasteiger partial charge in [-0.1, -0.05) is 54.6 Å². The van der Waals surface area contributed by atoms with Crippen LogP contribution in [0, 0.1) is 0 Å². The number of amides is 1. The highest BCUT2D eigenvalue weighted by atomic mass is 16.2. The van der Waals surface area contributed by atoms with Crippen molar-refractivity contribution < 1.29 is 6.17 Å². The van der Waals surface area contributed by atoms with E-state index in [2.05, 4.69) is 4.99 Å². The molecule has 22 heavy (non-hydrogen) atoms. The van der Waals surface area contributed by atoms with Gasteiger partial charge in [-0.05, 0) is 37.5 Å². The van der Waals surface area contributed by atoms with Gasteiger partial charge < -0.3 is 0 Å². The van der Waals surface area contributed by atoms with Gasteiger partial charge in [-0.15, -0.1) is 0 Å². The molecule has 1 aliphatic heterocycles. The summed E-state index contributed by atoms with van der Waals surface area (Å²) in [4.78, 5) is 18.5. The molecule has 3 rings (SSSR count). The molecule has 0 spiro atoms. The van der Waals surface area contributed by atoms with Gasteiger partial charge >= 0.3 is 0 Å². The molecule has 2 aromatic carbocycles. The van der Waals surface area contributed by atoms with E-state index >= 15 is 0 Å². The second kappa shape index (κ2) is 5.41. The van der Waals surface area contributed by atoms with E-state index in [9.17, 15) is 4.79 Å². The van der Waals surface area contributed by atoms with E-state index in [1.165, 1.54) is 0 Å². The van der Waals surface area contributed by atoms with E-state index < -0.39 is 5.54 Å². The Bertz CT molecular complexity index is 778. The largest absolute Gasteiger partial charge is 0.294 e. The molecular formula is C19H20N2O. The number of aliphatic imine (C=N–C) groups is 1. The molecule has 3 heteroatoms. The lowest BCUT2D eigenvalue weighted by Crippen LogP contribution is -2.38. The lowest BCUT2D eigenvalue weighted by Gasteiger charge is -2.19. The van der Waals surface area contributed by atoms with Crippen LogP contribution in [-0.2, 0) is 11.3 Å². The number of carbonyl (C=O) groups excluding carboxylic acids is 1. The van der Waals surface area contributed by atoms with Crippen molar-refractivity contribution in [1.82, 2.24) is 4.90 Å². The Balaban J connectivity index is 1.81. The standard InChI is InChI=1S/C19H20N2O/c1-14-20-19(2,3)18(22)21(14)13-15-9-11-17(12-10-15)16-7-5-4-6-8-16/h4-12H,13H2,1-3H3/i7D. The molecule has 1 heterocycles. The normalized spacial score (nSPS) is 17.4. The van der Waals surface area contributed by atoms with Crippen molar-refractivity contribution in [3.05, 3.63) is 60.1 Å². The van der Waals surface area contributed by atoms with E-state index in [0.717, 1.165) is 22.5 Å². The molecule has 0 aromatic heterocycles. The van der Waals surface area contributed by atoms with Crippen LogP contribution < -0.4 is 0 Å². The Morgan fingerprint density at radius 2 is 1.82 bits per heavy atom. The summed E-state index contributed by atoms with van der Waals surface area (Å²) in [7, 11) is 0. The number of hydrogen-bond donors (Lipinski definition) is 0. The Morgan fingerprint density at radius 3 is 2.41 bits per heavy atom. The Morgan fingerprint density at radius 1 is 1.09 bits per heavy atom. The van der Waals surface area contributed by atoms with Gasteiger partial charge in [-0.3, -0.25) is 14.7 Å². The topological polar surface area (TPSA) is 32.7 Å². The first-order chi connectivity index (χ1) is 10.9. The van der Waals surface area contributed by atoms with E-state index in [0.29, 0.717) is 12.6 Å². The van der Waals surface area contributed by atoms with Gasteiger partial charge in [0, 0.05) is 0 Å². The van der Waals surface area contributed by atoms with Crippen molar-refractivity contribution in [1.29, 1.82) is 0 Å². The van der Waals surface area contributed by atoms with Crippen LogP contribution >= 0.6 is 0 Å². The molecule has 1 amide bonds. The number of hydrogen-bond acceptors (Lipinski definition) is 2. The second-order valence-corrected chi connectivity index (χ2v) is 6.08. The van der Waals surface area contributed by atoms with Gasteiger partial charge in [-0.2, -0.15) is 0 Å². The van der Waals surface area contributed by atoms with Crippen molar-refractivity contribution in [2.75, 3.05) is 0 Å². The third kappa shape index (κ3) is 2.67. The SMILES string of the molecule is [2H]c1ccccc1-c1ccc(CN2C(=O)C(C)(C)N=C2C)cc1. The van der Waals surface area contributed by atoms with Crippen molar-refractivity contribution in [3.8, 4) is 11.1 Å². The van der Waals surface area contributed by atoms with Gasteiger partial charge in [0.25, 0.3) is 5.91 Å². The minimum absolute atomic E-state index is 0.0376. The molecule has 0 bridgehead atoms. The fraction of sp³-hybridized carbons (Fsp3) is 0.263. The molecule has 0 unspecified atom stereocenters. The number of nitrogens with zero attached hydrogens (tertiary/aromatic N) is 2. The molecule has 0 radical (unpaired) electrons. The third-order valence-corrected chi connectivity index (χ3v) is 3.92. The summed E-state index contributed by atoms with van der Waals surface area (Å²) in [6.45, 7) is 6.08. The first-order valence-corrected chi connectivity index (χ1v) is 7.42. The minimum Gasteiger partial charge on any atom is -0.294 e. The monoisotopic (exact) mass is 293 g/mol. The zero-order valence-corrected chi connectivity index (χ0v) is 13.1. The molecule has 3 nitrogen and oxygen atoms in total. The van der Waals surface area contributed by atoms with Crippen molar-refractivity contribution in [2.24, 2.45) is 4.99 Å². The molecule has 0 saturated heterocycles. The highest BCUT2D eigenvalue weighted by Crippen LogP contribution is 2.25. The van der Waals surface area contributed by atoms with E-state index in [-0.39, 0.29) is 5.91 Å². The highest BCUT2D eigenvalue weighted by molar-refractivity contribution is 6.06. The number of rotatable bonds is 3. The molecule has 2 aromatic rings. The van der Waals surface area contributed by atoms with Gasteiger partial charge in [0.15, 0.2) is 0 Å². The van der Waals surface area contributed by atoms with Crippen LogP contribution in [0.3, 0.4) is 0 Å². The molecule has 0 N–H and O–H groups in total. The summed E-state index contributed by atoms with van der Waals surface area (Å²) in [6.07, 6.45) is 0. The molecule has 0 aliphatic carbocycles. The maximum atomic E-state index is 12.4. The zero-order valence-electron chi connectivity index (χ0n) is 14.1. The van der Waals surface area contributed by atoms with Crippen LogP contribution in [0.15, 0.2) is 59.6 Å². The fourth-order valence-electron chi connectivity index (χ4n) is 2.72. The summed E-state index contributed by atoms with van der Waals surface area (Å²) >= 11 is 0. The van der Waals surface area contributed by atoms with Gasteiger partial charge in [0.2, 0.25) is 0 Å². The van der Waals surface area contributed by atoms with Crippen LogP contribution in [0.25, 0.3) is 11.1 Å². The molecule has 0 fully saturated rings. The van der Waals surface area contributed by atoms with E-state index in [1.54, 1.807) is 11.0 Å². The zero-order chi connectivity index (χ0) is 16.6. The number of amidine groups is 1. The lowest BCUT2D eigenvalue weighted by atomic mass is 10.0. The molecule has 0 atom stereocenters. The first-order valence-electron chi connectivity index (χ1n) is 7.92. The summed E-state index contributed by atoms with van der Waals surface area (Å²) in [5, 5.41) is 0. The maximum absolute atomic E-state index is 12.4. The summed E-state index contributed by atoms with van der Waals surface area (Å²) in [5.74, 6) is 0.802. The number of benzene rings is 2. The second-order valence-electron chi connectivity index (χ2n) is 6.08. The predicted molar refractivity (Wildman–Crippen MR) is 89.6 cm³/mol. The molecular weight excluding hydrogens is 272 g/mol. The van der Waals surface area contributed by atoms with Crippen LogP contribution in [0.1, 0.15) is 27.7 Å². The van der Waals surface area contributed by atoms with Gasteiger partial charge in [-0.25, -0.2) is 0 Å². The average Bonchev–Trinajstić information content (AvgIpc) is 2.71. The van der Waals surface area contributed by atoms with Crippen LogP contribution in [-0.4, -0.2) is 22.2 Å². The summed E-state index contributed by atoms with van der Waals surface area (Å²) < 4.78 is 7.97. The quantitative estimate of drug-likeness (QED) is 0.845. The fourth-order valence-corrected chi connectivity index (χ4v) is 2.72. The van der Waals surface area contributed by atoms with Crippen LogP contribution in [0.5, 0.6) is 0 Å². The Hall–Kier alpha value is -2.42. The molecule has 112 valence electrons.